The van der Waals surface area contributed by atoms with Crippen molar-refractivity contribution < 1.29 is 4.79 Å². The maximum atomic E-state index is 12.7. The summed E-state index contributed by atoms with van der Waals surface area (Å²) >= 11 is 0. The molecule has 3 aromatic rings. The number of hydrogen-bond donors (Lipinski definition) is 1. The average molecular weight is 334 g/mol. The zero-order valence-electron chi connectivity index (χ0n) is 14.6. The van der Waals surface area contributed by atoms with Crippen LogP contribution in [0, 0.1) is 13.8 Å². The summed E-state index contributed by atoms with van der Waals surface area (Å²) in [4.78, 5) is 19.6. The molecule has 1 N–H and O–H groups in total. The van der Waals surface area contributed by atoms with E-state index in [0.717, 1.165) is 30.2 Å². The fraction of sp³-hybridized carbons (Fsp3) is 0.300. The van der Waals surface area contributed by atoms with Gasteiger partial charge in [-0.25, -0.2) is 4.98 Å². The molecule has 2 aromatic heterocycles. The number of nitrogens with one attached hydrogen (secondary N) is 1. The number of aryl methyl sites for hydroxylation is 2. The second-order valence-corrected chi connectivity index (χ2v) is 6.66. The Kier molecular flexibility index (Phi) is 3.92. The Labute approximate surface area is 147 Å². The van der Waals surface area contributed by atoms with Gasteiger partial charge in [-0.1, -0.05) is 0 Å². The van der Waals surface area contributed by atoms with Crippen LogP contribution in [0.4, 0.5) is 11.4 Å². The van der Waals surface area contributed by atoms with Crippen LogP contribution in [0.5, 0.6) is 0 Å². The molecule has 4 rings (SSSR count). The van der Waals surface area contributed by atoms with Gasteiger partial charge in [0.1, 0.15) is 5.65 Å². The van der Waals surface area contributed by atoms with Gasteiger partial charge in [0, 0.05) is 42.0 Å². The molecule has 1 aliphatic heterocycles. The van der Waals surface area contributed by atoms with Crippen LogP contribution in [0.25, 0.3) is 5.65 Å². The Bertz CT molecular complexity index is 921. The first-order valence-corrected chi connectivity index (χ1v) is 8.73. The van der Waals surface area contributed by atoms with Crippen LogP contribution in [0.2, 0.25) is 0 Å². The van der Waals surface area contributed by atoms with E-state index in [-0.39, 0.29) is 5.91 Å². The summed E-state index contributed by atoms with van der Waals surface area (Å²) in [7, 11) is 0. The van der Waals surface area contributed by atoms with Gasteiger partial charge in [-0.2, -0.15) is 0 Å². The highest BCUT2D eigenvalue weighted by molar-refractivity contribution is 6.08. The Morgan fingerprint density at radius 1 is 1.08 bits per heavy atom. The molecule has 1 amide bonds. The van der Waals surface area contributed by atoms with E-state index in [9.17, 15) is 4.79 Å². The minimum atomic E-state index is -0.131. The number of benzene rings is 1. The molecule has 0 saturated carbocycles. The lowest BCUT2D eigenvalue weighted by molar-refractivity contribution is 0.102. The number of carbonyl (C=O) groups is 1. The van der Waals surface area contributed by atoms with Crippen molar-refractivity contribution in [2.45, 2.75) is 26.7 Å². The number of fused-ring (bicyclic) bond motifs is 1. The summed E-state index contributed by atoms with van der Waals surface area (Å²) in [6.45, 7) is 6.19. The van der Waals surface area contributed by atoms with Gasteiger partial charge in [0.15, 0.2) is 0 Å². The van der Waals surface area contributed by atoms with E-state index >= 15 is 0 Å². The normalized spacial score (nSPS) is 14.2. The van der Waals surface area contributed by atoms with E-state index in [0.29, 0.717) is 11.2 Å². The highest BCUT2D eigenvalue weighted by Crippen LogP contribution is 2.23. The molecule has 1 aromatic carbocycles. The Hall–Kier alpha value is -2.82. The Balaban J connectivity index is 1.56. The molecule has 5 heteroatoms. The van der Waals surface area contributed by atoms with Gasteiger partial charge in [0.2, 0.25) is 0 Å². The third-order valence-electron chi connectivity index (χ3n) is 4.78. The molecule has 25 heavy (non-hydrogen) atoms. The van der Waals surface area contributed by atoms with Crippen LogP contribution in [0.15, 0.2) is 42.6 Å². The fourth-order valence-electron chi connectivity index (χ4n) is 3.50. The predicted molar refractivity (Wildman–Crippen MR) is 101 cm³/mol. The second-order valence-electron chi connectivity index (χ2n) is 6.66. The number of carbonyl (C=O) groups excluding carboxylic acids is 1. The monoisotopic (exact) mass is 334 g/mol. The first kappa shape index (κ1) is 15.7. The summed E-state index contributed by atoms with van der Waals surface area (Å²) in [5.74, 6) is -0.131. The molecule has 5 nitrogen and oxygen atoms in total. The van der Waals surface area contributed by atoms with Crippen LogP contribution < -0.4 is 10.2 Å². The number of rotatable bonds is 3. The van der Waals surface area contributed by atoms with E-state index < -0.39 is 0 Å². The van der Waals surface area contributed by atoms with Crippen molar-refractivity contribution in [3.05, 3.63) is 59.5 Å². The molecule has 0 spiro atoms. The third kappa shape index (κ3) is 2.97. The zero-order valence-corrected chi connectivity index (χ0v) is 14.6. The van der Waals surface area contributed by atoms with Crippen molar-refractivity contribution in [3.8, 4) is 0 Å². The minimum Gasteiger partial charge on any atom is -0.372 e. The first-order chi connectivity index (χ1) is 12.1. The number of amides is 1. The van der Waals surface area contributed by atoms with E-state index in [1.54, 1.807) is 0 Å². The summed E-state index contributed by atoms with van der Waals surface area (Å²) in [6, 6.07) is 11.9. The van der Waals surface area contributed by atoms with Gasteiger partial charge < -0.3 is 14.6 Å². The molecule has 1 saturated heterocycles. The third-order valence-corrected chi connectivity index (χ3v) is 4.78. The molecular formula is C20H22N4O. The van der Waals surface area contributed by atoms with Crippen LogP contribution in [-0.4, -0.2) is 28.4 Å². The van der Waals surface area contributed by atoms with Crippen molar-refractivity contribution in [3.63, 3.8) is 0 Å². The molecule has 0 radical (unpaired) electrons. The maximum Gasteiger partial charge on any atom is 0.259 e. The number of hydrogen-bond acceptors (Lipinski definition) is 3. The van der Waals surface area contributed by atoms with Gasteiger partial charge >= 0.3 is 0 Å². The van der Waals surface area contributed by atoms with Crippen LogP contribution in [0.1, 0.15) is 34.6 Å². The molecule has 0 bridgehead atoms. The second kappa shape index (κ2) is 6.24. The summed E-state index contributed by atoms with van der Waals surface area (Å²) in [5.41, 5.74) is 5.29. The van der Waals surface area contributed by atoms with E-state index in [2.05, 4.69) is 27.3 Å². The molecule has 128 valence electrons. The van der Waals surface area contributed by atoms with Crippen molar-refractivity contribution in [2.24, 2.45) is 0 Å². The van der Waals surface area contributed by atoms with Crippen molar-refractivity contribution in [1.82, 2.24) is 9.38 Å². The molecule has 1 aliphatic rings. The van der Waals surface area contributed by atoms with Gasteiger partial charge in [-0.05, 0) is 63.1 Å². The lowest BCUT2D eigenvalue weighted by Gasteiger charge is -2.17. The number of anilines is 2. The molecular weight excluding hydrogens is 312 g/mol. The molecule has 3 heterocycles. The van der Waals surface area contributed by atoms with Gasteiger partial charge in [-0.15, -0.1) is 0 Å². The SMILES string of the molecule is Cc1cc(C)n2ccc(C(=O)Nc3ccc(N4CCCC4)cc3)c2n1. The van der Waals surface area contributed by atoms with Crippen LogP contribution >= 0.6 is 0 Å². The lowest BCUT2D eigenvalue weighted by Crippen LogP contribution is -2.17. The van der Waals surface area contributed by atoms with Crippen LogP contribution in [-0.2, 0) is 0 Å². The average Bonchev–Trinajstić information content (AvgIpc) is 3.25. The first-order valence-electron chi connectivity index (χ1n) is 8.73. The van der Waals surface area contributed by atoms with E-state index in [1.807, 2.05) is 48.7 Å². The largest absolute Gasteiger partial charge is 0.372 e. The smallest absolute Gasteiger partial charge is 0.259 e. The molecule has 0 aliphatic carbocycles. The minimum absolute atomic E-state index is 0.131. The summed E-state index contributed by atoms with van der Waals surface area (Å²) in [6.07, 6.45) is 4.40. The van der Waals surface area contributed by atoms with E-state index in [1.165, 1.54) is 18.5 Å². The lowest BCUT2D eigenvalue weighted by atomic mass is 10.2. The van der Waals surface area contributed by atoms with Crippen molar-refractivity contribution in [2.75, 3.05) is 23.3 Å². The van der Waals surface area contributed by atoms with Gasteiger partial charge in [0.05, 0.1) is 5.56 Å². The zero-order chi connectivity index (χ0) is 17.4. The highest BCUT2D eigenvalue weighted by atomic mass is 16.1. The topological polar surface area (TPSA) is 49.6 Å². The van der Waals surface area contributed by atoms with E-state index in [4.69, 9.17) is 0 Å². The maximum absolute atomic E-state index is 12.7. The van der Waals surface area contributed by atoms with Crippen molar-refractivity contribution in [1.29, 1.82) is 0 Å². The highest BCUT2D eigenvalue weighted by Gasteiger charge is 2.15. The molecule has 1 fully saturated rings. The summed E-state index contributed by atoms with van der Waals surface area (Å²) < 4.78 is 1.94. The van der Waals surface area contributed by atoms with Crippen molar-refractivity contribution >= 4 is 22.9 Å². The predicted octanol–water partition coefficient (Wildman–Crippen LogP) is 3.80. The van der Waals surface area contributed by atoms with Gasteiger partial charge in [0.25, 0.3) is 5.91 Å². The summed E-state index contributed by atoms with van der Waals surface area (Å²) in [5, 5.41) is 2.98. The molecule has 0 atom stereocenters. The van der Waals surface area contributed by atoms with Gasteiger partial charge in [-0.3, -0.25) is 4.79 Å². The number of aromatic nitrogens is 2. The molecule has 0 unspecified atom stereocenters. The fourth-order valence-corrected chi connectivity index (χ4v) is 3.50. The Morgan fingerprint density at radius 3 is 2.52 bits per heavy atom. The van der Waals surface area contributed by atoms with Crippen LogP contribution in [0.3, 0.4) is 0 Å². The standard InChI is InChI=1S/C20H22N4O/c1-14-13-15(2)24-12-9-18(19(24)21-14)20(25)22-16-5-7-17(8-6-16)23-10-3-4-11-23/h5-9,12-13H,3-4,10-11H2,1-2H3,(H,22,25). The Morgan fingerprint density at radius 2 is 1.80 bits per heavy atom. The quantitative estimate of drug-likeness (QED) is 0.792. The number of nitrogens with zero attached hydrogens (tertiary/aromatic N) is 3.